The van der Waals surface area contributed by atoms with Gasteiger partial charge in [-0.05, 0) is 42.6 Å². The van der Waals surface area contributed by atoms with Gasteiger partial charge < -0.3 is 9.73 Å². The fraction of sp³-hybridized carbons (Fsp3) is 0.118. The van der Waals surface area contributed by atoms with Gasteiger partial charge in [0, 0.05) is 10.4 Å². The van der Waals surface area contributed by atoms with Crippen LogP contribution >= 0.6 is 22.9 Å². The minimum Gasteiger partial charge on any atom is -0.451 e. The molecule has 0 radical (unpaired) electrons. The number of thiophene rings is 1. The summed E-state index contributed by atoms with van der Waals surface area (Å²) in [6.07, 6.45) is 0. The normalized spacial score (nSPS) is 12.1. The number of furan rings is 1. The molecular weight excluding hydrogens is 318 g/mol. The van der Waals surface area contributed by atoms with Crippen molar-refractivity contribution in [2.24, 2.45) is 0 Å². The van der Waals surface area contributed by atoms with E-state index >= 15 is 0 Å². The molecule has 0 aliphatic heterocycles. The van der Waals surface area contributed by atoms with Gasteiger partial charge in [-0.2, -0.15) is 0 Å². The number of hydrogen-bond donors (Lipinski definition) is 1. The van der Waals surface area contributed by atoms with E-state index in [1.54, 1.807) is 29.5 Å². The van der Waals surface area contributed by atoms with E-state index in [2.05, 4.69) is 5.32 Å². The van der Waals surface area contributed by atoms with Crippen LogP contribution in [0.25, 0.3) is 11.3 Å². The topological polar surface area (TPSA) is 42.2 Å². The molecule has 3 nitrogen and oxygen atoms in total. The van der Waals surface area contributed by atoms with Gasteiger partial charge in [-0.15, -0.1) is 11.3 Å². The van der Waals surface area contributed by atoms with Gasteiger partial charge in [0.05, 0.1) is 11.1 Å². The minimum atomic E-state index is -0.237. The molecule has 5 heteroatoms. The Labute approximate surface area is 137 Å². The Balaban J connectivity index is 1.76. The maximum absolute atomic E-state index is 12.2. The second-order valence-corrected chi connectivity index (χ2v) is 6.24. The molecule has 3 aromatic rings. The van der Waals surface area contributed by atoms with Gasteiger partial charge in [0.1, 0.15) is 5.76 Å². The Hall–Kier alpha value is -2.04. The molecule has 0 saturated heterocycles. The van der Waals surface area contributed by atoms with Crippen molar-refractivity contribution in [3.05, 3.63) is 69.6 Å². The summed E-state index contributed by atoms with van der Waals surface area (Å²) in [4.78, 5) is 13.3. The van der Waals surface area contributed by atoms with Gasteiger partial charge in [-0.3, -0.25) is 4.79 Å². The van der Waals surface area contributed by atoms with E-state index in [0.29, 0.717) is 10.8 Å². The maximum Gasteiger partial charge on any atom is 0.287 e. The van der Waals surface area contributed by atoms with Crippen LogP contribution < -0.4 is 5.32 Å². The van der Waals surface area contributed by atoms with Gasteiger partial charge in [0.2, 0.25) is 0 Å². The number of benzene rings is 1. The van der Waals surface area contributed by atoms with Crippen LogP contribution in [0.4, 0.5) is 0 Å². The average Bonchev–Trinajstić information content (AvgIpc) is 3.19. The highest BCUT2D eigenvalue weighted by atomic mass is 35.5. The third-order valence-electron chi connectivity index (χ3n) is 3.29. The van der Waals surface area contributed by atoms with Crippen molar-refractivity contribution >= 4 is 28.8 Å². The molecule has 0 fully saturated rings. The Morgan fingerprint density at radius 2 is 2.00 bits per heavy atom. The van der Waals surface area contributed by atoms with Crippen molar-refractivity contribution in [1.82, 2.24) is 5.32 Å². The lowest BCUT2D eigenvalue weighted by atomic mass is 10.2. The predicted molar refractivity (Wildman–Crippen MR) is 89.4 cm³/mol. The number of carbonyl (C=O) groups is 1. The van der Waals surface area contributed by atoms with E-state index in [1.807, 2.05) is 42.6 Å². The largest absolute Gasteiger partial charge is 0.451 e. The summed E-state index contributed by atoms with van der Waals surface area (Å²) < 4.78 is 5.64. The van der Waals surface area contributed by atoms with Crippen LogP contribution in [0.3, 0.4) is 0 Å². The predicted octanol–water partition coefficient (Wildman–Crippen LogP) is 5.15. The first-order valence-electron chi connectivity index (χ1n) is 6.84. The molecule has 22 heavy (non-hydrogen) atoms. The van der Waals surface area contributed by atoms with Crippen LogP contribution in [0.5, 0.6) is 0 Å². The number of carbonyl (C=O) groups excluding carboxylic acids is 1. The molecule has 3 rings (SSSR count). The summed E-state index contributed by atoms with van der Waals surface area (Å²) in [5, 5.41) is 5.50. The second-order valence-electron chi connectivity index (χ2n) is 4.85. The minimum absolute atomic E-state index is 0.0543. The SMILES string of the molecule is CC(NC(=O)c1ccc(-c2ccccc2Cl)o1)c1cccs1. The zero-order valence-corrected chi connectivity index (χ0v) is 13.4. The van der Waals surface area contributed by atoms with E-state index in [4.69, 9.17) is 16.0 Å². The van der Waals surface area contributed by atoms with E-state index in [9.17, 15) is 4.79 Å². The highest BCUT2D eigenvalue weighted by Gasteiger charge is 2.16. The zero-order valence-electron chi connectivity index (χ0n) is 11.9. The molecule has 1 unspecified atom stereocenters. The van der Waals surface area contributed by atoms with Gasteiger partial charge in [0.15, 0.2) is 5.76 Å². The summed E-state index contributed by atoms with van der Waals surface area (Å²) in [5.41, 5.74) is 0.773. The van der Waals surface area contributed by atoms with Crippen LogP contribution in [0.2, 0.25) is 5.02 Å². The summed E-state index contributed by atoms with van der Waals surface area (Å²) in [6, 6.07) is 14.7. The van der Waals surface area contributed by atoms with E-state index in [1.165, 1.54) is 0 Å². The first-order valence-corrected chi connectivity index (χ1v) is 8.10. The molecule has 0 saturated carbocycles. The fourth-order valence-corrected chi connectivity index (χ4v) is 3.11. The molecule has 1 N–H and O–H groups in total. The lowest BCUT2D eigenvalue weighted by Crippen LogP contribution is -2.25. The van der Waals surface area contributed by atoms with Crippen molar-refractivity contribution in [3.63, 3.8) is 0 Å². The number of halogens is 1. The van der Waals surface area contributed by atoms with Crippen molar-refractivity contribution < 1.29 is 9.21 Å². The monoisotopic (exact) mass is 331 g/mol. The average molecular weight is 332 g/mol. The molecule has 2 heterocycles. The van der Waals surface area contributed by atoms with Crippen molar-refractivity contribution in [2.45, 2.75) is 13.0 Å². The molecular formula is C17H14ClNO2S. The van der Waals surface area contributed by atoms with E-state index in [-0.39, 0.29) is 17.7 Å². The molecule has 0 spiro atoms. The molecule has 2 aromatic heterocycles. The second kappa shape index (κ2) is 6.38. The van der Waals surface area contributed by atoms with Crippen LogP contribution in [0, 0.1) is 0 Å². The zero-order chi connectivity index (χ0) is 15.5. The first kappa shape index (κ1) is 14.9. The lowest BCUT2D eigenvalue weighted by Gasteiger charge is -2.10. The first-order chi connectivity index (χ1) is 10.6. The standard InChI is InChI=1S/C17H14ClNO2S/c1-11(16-7-4-10-22-16)19-17(20)15-9-8-14(21-15)12-5-2-3-6-13(12)18/h2-11H,1H3,(H,19,20). The molecule has 0 aliphatic rings. The lowest BCUT2D eigenvalue weighted by molar-refractivity contribution is 0.0913. The highest BCUT2D eigenvalue weighted by Crippen LogP contribution is 2.29. The molecule has 1 atom stereocenters. The third kappa shape index (κ3) is 3.08. The summed E-state index contributed by atoms with van der Waals surface area (Å²) >= 11 is 7.75. The van der Waals surface area contributed by atoms with Crippen LogP contribution in [-0.2, 0) is 0 Å². The van der Waals surface area contributed by atoms with Crippen LogP contribution in [0.15, 0.2) is 58.3 Å². The summed E-state index contributed by atoms with van der Waals surface area (Å²) in [7, 11) is 0. The molecule has 1 aromatic carbocycles. The molecule has 112 valence electrons. The maximum atomic E-state index is 12.2. The van der Waals surface area contributed by atoms with Gasteiger partial charge >= 0.3 is 0 Å². The Morgan fingerprint density at radius 1 is 1.18 bits per heavy atom. The number of nitrogens with one attached hydrogen (secondary N) is 1. The summed E-state index contributed by atoms with van der Waals surface area (Å²) in [5.74, 6) is 0.622. The summed E-state index contributed by atoms with van der Waals surface area (Å²) in [6.45, 7) is 1.95. The Bertz CT molecular complexity index is 780. The molecule has 0 bridgehead atoms. The van der Waals surface area contributed by atoms with E-state index in [0.717, 1.165) is 10.4 Å². The van der Waals surface area contributed by atoms with Crippen molar-refractivity contribution in [2.75, 3.05) is 0 Å². The fourth-order valence-electron chi connectivity index (χ4n) is 2.14. The number of amides is 1. The van der Waals surface area contributed by atoms with E-state index < -0.39 is 0 Å². The number of hydrogen-bond acceptors (Lipinski definition) is 3. The molecule has 0 aliphatic carbocycles. The molecule has 1 amide bonds. The third-order valence-corrected chi connectivity index (χ3v) is 4.67. The van der Waals surface area contributed by atoms with Crippen molar-refractivity contribution in [1.29, 1.82) is 0 Å². The van der Waals surface area contributed by atoms with Gasteiger partial charge in [0.25, 0.3) is 5.91 Å². The van der Waals surface area contributed by atoms with Crippen molar-refractivity contribution in [3.8, 4) is 11.3 Å². The number of rotatable bonds is 4. The smallest absolute Gasteiger partial charge is 0.287 e. The highest BCUT2D eigenvalue weighted by molar-refractivity contribution is 7.10. The Morgan fingerprint density at radius 3 is 2.73 bits per heavy atom. The van der Waals surface area contributed by atoms with Crippen LogP contribution in [-0.4, -0.2) is 5.91 Å². The quantitative estimate of drug-likeness (QED) is 0.718. The van der Waals surface area contributed by atoms with Crippen LogP contribution in [0.1, 0.15) is 28.4 Å². The van der Waals surface area contributed by atoms with Gasteiger partial charge in [-0.25, -0.2) is 0 Å². The van der Waals surface area contributed by atoms with Gasteiger partial charge in [-0.1, -0.05) is 29.8 Å². The Kier molecular flexibility index (Phi) is 4.32.